The van der Waals surface area contributed by atoms with Crippen molar-refractivity contribution in [1.82, 2.24) is 10.6 Å². The van der Waals surface area contributed by atoms with Crippen LogP contribution < -0.4 is 10.6 Å². The molecule has 140 heavy (non-hydrogen) atoms. The molecule has 2 aliphatic heterocycles. The predicted molar refractivity (Wildman–Crippen MR) is 458 cm³/mol. The summed E-state index contributed by atoms with van der Waals surface area (Å²) in [7, 11) is -102. The van der Waals surface area contributed by atoms with Crippen molar-refractivity contribution in [2.75, 3.05) is 39.5 Å². The Bertz CT molecular complexity index is 5280. The smallest absolute Gasteiger partial charge is 0.354 e. The maximum atomic E-state index is 14.0. The Balaban J connectivity index is -0.000000751. The summed E-state index contributed by atoms with van der Waals surface area (Å²) in [6.45, 7) is -11.0. The molecule has 0 unspecified atom stereocenters. The molecule has 72 nitrogen and oxygen atoms in total. The molecule has 0 aromatic carbocycles. The molecule has 2 saturated heterocycles. The Kier molecular flexibility index (Phi) is 107. The van der Waals surface area contributed by atoms with Crippen LogP contribution in [0.1, 0.15) is 64.2 Å². The molecule has 0 bridgehead atoms. The van der Waals surface area contributed by atoms with Gasteiger partial charge in [0.25, 0.3) is 11.8 Å². The van der Waals surface area contributed by atoms with E-state index in [1.807, 2.05) is 0 Å². The van der Waals surface area contributed by atoms with Gasteiger partial charge in [-0.15, -0.1) is 0 Å². The summed E-state index contributed by atoms with van der Waals surface area (Å²) < 4.78 is 628. The third kappa shape index (κ3) is 90.0. The van der Waals surface area contributed by atoms with E-state index in [2.05, 4.69) is 66.9 Å². The predicted octanol–water partition coefficient (Wildman–Crippen LogP) is -17.2. The summed E-state index contributed by atoms with van der Waals surface area (Å²) in [4.78, 5) is 27.9. The Morgan fingerprint density at radius 1 is 0.229 bits per heavy atom. The molecule has 0 aliphatic carbocycles. The van der Waals surface area contributed by atoms with Gasteiger partial charge in [-0.3, -0.25) is 82.4 Å². The monoisotopic (exact) mass is 2530 g/mol. The normalized spacial score (nSPS) is 20.7. The Hall–Kier alpha value is 12.7. The first-order chi connectivity index (χ1) is 55.3. The molecule has 2 aliphatic rings. The average molecular weight is 2530 g/mol. The first-order valence-electron chi connectivity index (χ1n) is 30.8. The molecule has 2 heterocycles. The summed E-state index contributed by atoms with van der Waals surface area (Å²) >= 11 is 0. The van der Waals surface area contributed by atoms with E-state index in [1.165, 1.54) is 0 Å². The van der Waals surface area contributed by atoms with Gasteiger partial charge in [0, 0.05) is 486 Å². The van der Waals surface area contributed by atoms with Gasteiger partial charge in [0.15, 0.2) is 37.0 Å². The molecule has 2 fully saturated rings. The molecule has 0 aromatic heterocycles. The number of unbranched alkanes of at least 4 members (excludes halogenated alkanes) is 9. The second-order valence-corrected chi connectivity index (χ2v) is 40.1. The average Bonchev–Trinajstić information content (AvgIpc) is 0.761. The van der Waals surface area contributed by atoms with E-state index in [1.54, 1.807) is 10.6 Å². The molecule has 104 heteroatoms. The maximum Gasteiger partial charge on any atom is 0.398 e. The number of hydrogen-bond acceptors (Lipinski definition) is 54. The fraction of sp³-hybridized carbons (Fsp3) is 0.944. The van der Waals surface area contributed by atoms with Crippen molar-refractivity contribution < 1.29 is 303 Å². The van der Waals surface area contributed by atoms with Gasteiger partial charge >= 0.3 is 166 Å². The minimum atomic E-state index is -6.66. The minimum absolute atomic E-state index is 0. The molecule has 0 spiro atoms. The summed E-state index contributed by atoms with van der Waals surface area (Å²) in [5.74, 6) is -4.55. The third-order valence-electron chi connectivity index (χ3n) is 13.8. The van der Waals surface area contributed by atoms with Crippen LogP contribution in [-0.4, -0.2) is 842 Å². The van der Waals surface area contributed by atoms with Crippen LogP contribution in [0.2, 0.25) is 0 Å². The van der Waals surface area contributed by atoms with Gasteiger partial charge < -0.3 is 29.6 Å². The number of hydrogen-bond donors (Lipinski definition) is 18. The summed E-state index contributed by atoms with van der Waals surface area (Å²) in [5, 5.41) is 3.53. The molecular weight excluding hydrogens is 2460 g/mol. The van der Waals surface area contributed by atoms with Crippen molar-refractivity contribution in [3.05, 3.63) is 0 Å². The van der Waals surface area contributed by atoms with Crippen LogP contribution in [0.15, 0.2) is 0 Å². The van der Waals surface area contributed by atoms with Crippen LogP contribution in [-0.2, 0) is 262 Å². The van der Waals surface area contributed by atoms with Crippen LogP contribution >= 0.6 is 0 Å². The first kappa shape index (κ1) is 185. The SMILES string of the molecule is O=C(NCCCCCCCCCCCCNC(=O)[C@H](OS(=O)(=O)O)[C@@H](OS(=O)(=O)O)[C@H](O[C@@H]1O[C@H](COS(=O)(=O)O)[C@H](OS(=O)(=O)O)[C@H](OS(=O)(=O)O)[C@H]1OS(=O)(=O)O)[C@@H](COS(=O)(=O)O)OS(=O)(=O)O)[C@H](OS(=O)(=O)O)[C@@H](OS(=O)(=O)O)[C@H](O[C@@H]1O[C@H](COS(=O)(=O)O)[C@H](OS(=O)(=O)O)[C@H](OS(=O)(=O)O)[C@H]1OS(=O)(=O)O)[C@@H](COS(=O)(=O)O)OS(=O)(=O)O.[Na].[Na].[Na].[Na].[Na].[Na].[Na].[Na].[Na].[Na].[Na].[Na].[Na].[Na].[Na].[Na]. The van der Waals surface area contributed by atoms with Gasteiger partial charge in [-0.05, 0) is 12.8 Å². The molecule has 754 valence electrons. The van der Waals surface area contributed by atoms with Crippen molar-refractivity contribution in [3.63, 3.8) is 0 Å². The Morgan fingerprint density at radius 2 is 0.421 bits per heavy atom. The topological polar surface area (TPSA) is 1110 Å². The van der Waals surface area contributed by atoms with E-state index in [0.717, 1.165) is 0 Å². The van der Waals surface area contributed by atoms with Crippen LogP contribution in [0.25, 0.3) is 0 Å². The van der Waals surface area contributed by atoms with Crippen molar-refractivity contribution >= 4 is 651 Å². The van der Waals surface area contributed by atoms with Gasteiger partial charge in [0.2, 0.25) is 0 Å². The first-order valence-corrected chi connectivity index (χ1v) is 52.6. The number of carbonyl (C=O) groups excluding carboxylic acids is 2. The van der Waals surface area contributed by atoms with Crippen molar-refractivity contribution in [2.45, 2.75) is 174 Å². The number of carbonyl (C=O) groups is 2. The molecule has 0 saturated carbocycles. The van der Waals surface area contributed by atoms with E-state index in [-0.39, 0.29) is 537 Å². The molecule has 0 aromatic rings. The molecule has 18 N–H and O–H groups in total. The number of rotatable bonds is 61. The van der Waals surface area contributed by atoms with Gasteiger partial charge in [-0.25, -0.2) is 66.9 Å². The van der Waals surface area contributed by atoms with E-state index in [0.29, 0.717) is 0 Å². The maximum absolute atomic E-state index is 14.0. The van der Waals surface area contributed by atoms with Crippen LogP contribution in [0.4, 0.5) is 0 Å². The van der Waals surface area contributed by atoms with Crippen LogP contribution in [0.3, 0.4) is 0 Å². The van der Waals surface area contributed by atoms with Crippen molar-refractivity contribution in [2.24, 2.45) is 0 Å². The van der Waals surface area contributed by atoms with Gasteiger partial charge in [0.05, 0.1) is 26.4 Å². The zero-order valence-corrected chi connectivity index (χ0v) is 121. The van der Waals surface area contributed by atoms with Crippen LogP contribution in [0.5, 0.6) is 0 Å². The fourth-order valence-electron chi connectivity index (χ4n) is 9.97. The van der Waals surface area contributed by atoms with Crippen LogP contribution in [0, 0.1) is 0 Å². The second kappa shape index (κ2) is 80.6. The van der Waals surface area contributed by atoms with Crippen molar-refractivity contribution in [1.29, 1.82) is 0 Å². The van der Waals surface area contributed by atoms with Gasteiger partial charge in [-0.2, -0.15) is 135 Å². The number of amides is 2. The van der Waals surface area contributed by atoms with Gasteiger partial charge in [0.1, 0.15) is 73.2 Å². The second-order valence-electron chi connectivity index (χ2n) is 23.2. The number of ether oxygens (including phenoxy) is 4. The third-order valence-corrected chi connectivity index (χ3v) is 21.1. The number of nitrogens with one attached hydrogen (secondary N) is 2. The zero-order chi connectivity index (χ0) is 96.4. The quantitative estimate of drug-likeness (QED) is 0.0153. The van der Waals surface area contributed by atoms with Gasteiger partial charge in [-0.1, -0.05) is 51.4 Å². The standard InChI is InChI=1S/C36H68N2O70S16.16Na/c39-33(29(105-121(77,78)79)25(101-117(65,66)67)21(19(97-113(53,54)55)15-91-111(47,48)49)95-35-31(107-123(83,84)85)27(103-119(71,72)73)23(99-115(59,60)61)17(93-35)13-89-109(41,42)43)37-11-9-7-5-3-1-2-4-6-8-10-12-38-34(40)30(106-122(80,81)82)26(102-118(68,69)70)22(20(98-114(56,57)58)16-92-112(50,51)52)96-36-32(108-124(86,87)88)28(104-120(74,75)76)24(100-116(62,63)64)18(94-36)14-90-110(44,45)46;;;;;;;;;;;;;;;;/h17-32,35-36H,1-16H2,(H,37,39)(H,38,40)(H,41,42,43)(H,44,45,46)(H,47,48,49)(H,50,51,52)(H,53,54,55)(H,56,57,58)(H,59,60,61)(H,62,63,64)(H,65,66,67)(H,68,69,70)(H,71,72,73)(H,74,75,76)(H,77,78,79)(H,80,81,82)(H,83,84,85)(H,86,87,88);;;;;;;;;;;;;;;;/t17-,18-,19-,20-,21-,22-,23+,24+,25+,26+,27+,28+,29-,30-,31-,32-,35+,36+;;;;;;;;;;;;;;;;/m1................/s1. The molecular formula is C36H68N2Na16O70S16. The fourth-order valence-corrected chi connectivity index (χ4v) is 17.0. The summed E-state index contributed by atoms with van der Waals surface area (Å²) in [5.41, 5.74) is 0. The Labute approximate surface area is 1160 Å². The summed E-state index contributed by atoms with van der Waals surface area (Å²) in [6, 6.07) is 0. The molecule has 2 amide bonds. The molecule has 2 rings (SSSR count). The molecule has 18 atom stereocenters. The van der Waals surface area contributed by atoms with E-state index < -0.39 is 328 Å². The molecule has 16 radical (unpaired) electrons. The summed E-state index contributed by atoms with van der Waals surface area (Å²) in [6.07, 6.45) is -66.3. The largest absolute Gasteiger partial charge is 0.398 e. The van der Waals surface area contributed by atoms with E-state index in [9.17, 15) is 217 Å². The minimum Gasteiger partial charge on any atom is -0.354 e. The zero-order valence-electron chi connectivity index (χ0n) is 75.4. The Morgan fingerprint density at radius 3 is 0.614 bits per heavy atom. The van der Waals surface area contributed by atoms with E-state index >= 15 is 0 Å². The van der Waals surface area contributed by atoms with Crippen molar-refractivity contribution in [3.8, 4) is 0 Å². The van der Waals surface area contributed by atoms with E-state index in [4.69, 9.17) is 18.9 Å².